The Labute approximate surface area is 221 Å². The van der Waals surface area contributed by atoms with Crippen molar-refractivity contribution in [2.24, 2.45) is 0 Å². The van der Waals surface area contributed by atoms with Crippen molar-refractivity contribution in [2.45, 2.75) is 24.2 Å². The van der Waals surface area contributed by atoms with Crippen LogP contribution in [0.1, 0.15) is 22.6 Å². The summed E-state index contributed by atoms with van der Waals surface area (Å²) in [4.78, 5) is 0. The molecule has 3 atom stereocenters. The lowest BCUT2D eigenvalue weighted by molar-refractivity contribution is 0.124. The highest BCUT2D eigenvalue weighted by molar-refractivity contribution is 6.18. The molecule has 6 nitrogen and oxygen atoms in total. The molecule has 0 radical (unpaired) electrons. The molecule has 1 aliphatic heterocycles. The first kappa shape index (κ1) is 26.6. The van der Waals surface area contributed by atoms with E-state index in [-0.39, 0.29) is 37.0 Å². The molecule has 192 valence electrons. The van der Waals surface area contributed by atoms with Gasteiger partial charge in [0.05, 0.1) is 18.4 Å². The second-order valence-corrected chi connectivity index (χ2v) is 9.17. The molecule has 36 heavy (non-hydrogen) atoms. The first-order valence-electron chi connectivity index (χ1n) is 11.9. The van der Waals surface area contributed by atoms with E-state index >= 15 is 0 Å². The summed E-state index contributed by atoms with van der Waals surface area (Å²) in [6.45, 7) is 1.28. The normalized spacial score (nSPS) is 17.2. The van der Waals surface area contributed by atoms with Crippen molar-refractivity contribution in [3.63, 3.8) is 0 Å². The first-order chi connectivity index (χ1) is 17.6. The molecule has 0 bridgehead atoms. The molecule has 1 heterocycles. The predicted octanol–water partition coefficient (Wildman–Crippen LogP) is 4.60. The summed E-state index contributed by atoms with van der Waals surface area (Å²) in [5, 5.41) is 20.0. The van der Waals surface area contributed by atoms with Crippen molar-refractivity contribution in [1.82, 2.24) is 0 Å². The smallest absolute Gasteiger partial charge is 0.123 e. The van der Waals surface area contributed by atoms with E-state index in [9.17, 15) is 10.2 Å². The molecular weight excluding hydrogens is 503 g/mol. The standard InChI is InChI=1S/C28H30Cl2O6/c29-13-19(31)15-34-25-10-4-1-7-22(25)28(23-8-2-5-11-26(23)35-16-20(32)14-30)24-9-3-6-12-27(24)36-18-21-17-33-21/h1-12,19-21,28,31-32H,13-18H2. The molecule has 4 rings (SSSR count). The first-order valence-corrected chi connectivity index (χ1v) is 12.9. The van der Waals surface area contributed by atoms with Gasteiger partial charge in [-0.25, -0.2) is 0 Å². The predicted molar refractivity (Wildman–Crippen MR) is 140 cm³/mol. The Balaban J connectivity index is 1.79. The van der Waals surface area contributed by atoms with Gasteiger partial charge in [-0.2, -0.15) is 0 Å². The van der Waals surface area contributed by atoms with Crippen molar-refractivity contribution >= 4 is 23.2 Å². The molecule has 8 heteroatoms. The summed E-state index contributed by atoms with van der Waals surface area (Å²) in [5.41, 5.74) is 2.65. The summed E-state index contributed by atoms with van der Waals surface area (Å²) in [7, 11) is 0. The third kappa shape index (κ3) is 7.05. The molecule has 1 saturated heterocycles. The zero-order chi connectivity index (χ0) is 25.3. The van der Waals surface area contributed by atoms with Gasteiger partial charge in [0.25, 0.3) is 0 Å². The topological polar surface area (TPSA) is 80.7 Å². The number of epoxide rings is 1. The summed E-state index contributed by atoms with van der Waals surface area (Å²) < 4.78 is 23.6. The van der Waals surface area contributed by atoms with Crippen LogP contribution < -0.4 is 14.2 Å². The minimum Gasteiger partial charge on any atom is -0.491 e. The minimum absolute atomic E-state index is 0.0600. The van der Waals surface area contributed by atoms with Gasteiger partial charge in [-0.3, -0.25) is 0 Å². The zero-order valence-electron chi connectivity index (χ0n) is 19.8. The number of benzene rings is 3. The molecule has 1 fully saturated rings. The van der Waals surface area contributed by atoms with Crippen molar-refractivity contribution in [3.05, 3.63) is 89.5 Å². The van der Waals surface area contributed by atoms with E-state index in [1.165, 1.54) is 0 Å². The number of halogens is 2. The van der Waals surface area contributed by atoms with Crippen LogP contribution in [0.2, 0.25) is 0 Å². The van der Waals surface area contributed by atoms with Crippen LogP contribution >= 0.6 is 23.2 Å². The van der Waals surface area contributed by atoms with Gasteiger partial charge in [-0.05, 0) is 18.2 Å². The van der Waals surface area contributed by atoms with E-state index in [2.05, 4.69) is 0 Å². The molecule has 3 aromatic rings. The maximum atomic E-state index is 10.0. The number of hydrogen-bond donors (Lipinski definition) is 2. The molecule has 0 amide bonds. The highest BCUT2D eigenvalue weighted by Gasteiger charge is 2.28. The number of aliphatic hydroxyl groups excluding tert-OH is 2. The molecule has 3 unspecified atom stereocenters. The van der Waals surface area contributed by atoms with Crippen LogP contribution in [0.4, 0.5) is 0 Å². The van der Waals surface area contributed by atoms with Crippen LogP contribution in [0.15, 0.2) is 72.8 Å². The third-order valence-corrected chi connectivity index (χ3v) is 6.45. The molecule has 3 aromatic carbocycles. The largest absolute Gasteiger partial charge is 0.491 e. The van der Waals surface area contributed by atoms with Crippen LogP contribution in [0, 0.1) is 0 Å². The fourth-order valence-electron chi connectivity index (χ4n) is 3.86. The van der Waals surface area contributed by atoms with Gasteiger partial charge in [-0.15, -0.1) is 23.2 Å². The van der Waals surface area contributed by atoms with Gasteiger partial charge in [0, 0.05) is 22.6 Å². The van der Waals surface area contributed by atoms with Gasteiger partial charge in [0.1, 0.15) is 55.4 Å². The van der Waals surface area contributed by atoms with Crippen LogP contribution in [-0.4, -0.2) is 66.7 Å². The van der Waals surface area contributed by atoms with E-state index < -0.39 is 12.2 Å². The van der Waals surface area contributed by atoms with Gasteiger partial charge < -0.3 is 29.2 Å². The Morgan fingerprint density at radius 3 is 1.47 bits per heavy atom. The van der Waals surface area contributed by atoms with E-state index in [4.69, 9.17) is 42.1 Å². The van der Waals surface area contributed by atoms with E-state index in [0.29, 0.717) is 24.7 Å². The van der Waals surface area contributed by atoms with E-state index in [0.717, 1.165) is 22.4 Å². The molecule has 0 spiro atoms. The molecule has 0 saturated carbocycles. The minimum atomic E-state index is -0.792. The number of aliphatic hydroxyl groups is 2. The van der Waals surface area contributed by atoms with E-state index in [1.807, 2.05) is 72.8 Å². The van der Waals surface area contributed by atoms with Crippen molar-refractivity contribution in [1.29, 1.82) is 0 Å². The summed E-state index contributed by atoms with van der Waals surface area (Å²) in [6.07, 6.45) is -1.48. The van der Waals surface area contributed by atoms with Crippen LogP contribution in [0.3, 0.4) is 0 Å². The van der Waals surface area contributed by atoms with Gasteiger partial charge in [-0.1, -0.05) is 54.6 Å². The van der Waals surface area contributed by atoms with Crippen LogP contribution in [0.5, 0.6) is 17.2 Å². The fraction of sp³-hybridized carbons (Fsp3) is 0.357. The number of alkyl halides is 2. The zero-order valence-corrected chi connectivity index (χ0v) is 21.3. The summed E-state index contributed by atoms with van der Waals surface area (Å²) >= 11 is 11.6. The Bertz CT molecular complexity index is 1050. The van der Waals surface area contributed by atoms with Crippen molar-refractivity contribution in [2.75, 3.05) is 38.2 Å². The van der Waals surface area contributed by atoms with E-state index in [1.54, 1.807) is 0 Å². The summed E-state index contributed by atoms with van der Waals surface area (Å²) in [6, 6.07) is 23.2. The van der Waals surface area contributed by atoms with Crippen LogP contribution in [0.25, 0.3) is 0 Å². The van der Waals surface area contributed by atoms with Gasteiger partial charge >= 0.3 is 0 Å². The fourth-order valence-corrected chi connectivity index (χ4v) is 4.04. The van der Waals surface area contributed by atoms with Crippen molar-refractivity contribution in [3.8, 4) is 17.2 Å². The van der Waals surface area contributed by atoms with Gasteiger partial charge in [0.2, 0.25) is 0 Å². The van der Waals surface area contributed by atoms with Crippen LogP contribution in [-0.2, 0) is 4.74 Å². The molecular formula is C28H30Cl2O6. The monoisotopic (exact) mass is 532 g/mol. The lowest BCUT2D eigenvalue weighted by atomic mass is 9.83. The Kier molecular flexibility index (Phi) is 9.73. The third-order valence-electron chi connectivity index (χ3n) is 5.74. The lowest BCUT2D eigenvalue weighted by Gasteiger charge is -2.26. The molecule has 0 aliphatic carbocycles. The summed E-state index contributed by atoms with van der Waals surface area (Å²) in [5.74, 6) is 1.76. The average Bonchev–Trinajstić information content (AvgIpc) is 3.75. The molecule has 1 aliphatic rings. The number of ether oxygens (including phenoxy) is 4. The maximum Gasteiger partial charge on any atom is 0.123 e. The van der Waals surface area contributed by atoms with Gasteiger partial charge in [0.15, 0.2) is 0 Å². The maximum absolute atomic E-state index is 10.0. The second-order valence-electron chi connectivity index (χ2n) is 8.55. The highest BCUT2D eigenvalue weighted by Crippen LogP contribution is 2.44. The highest BCUT2D eigenvalue weighted by atomic mass is 35.5. The quantitative estimate of drug-likeness (QED) is 0.179. The average molecular weight is 533 g/mol. The van der Waals surface area contributed by atoms with Crippen molar-refractivity contribution < 1.29 is 29.2 Å². The number of hydrogen-bond acceptors (Lipinski definition) is 6. The number of para-hydroxylation sites is 3. The molecule has 0 aromatic heterocycles. The number of rotatable bonds is 14. The molecule has 2 N–H and O–H groups in total. The Hall–Kier alpha value is -2.48. The Morgan fingerprint density at radius 1 is 0.694 bits per heavy atom. The second kappa shape index (κ2) is 13.2. The Morgan fingerprint density at radius 2 is 1.08 bits per heavy atom. The lowest BCUT2D eigenvalue weighted by Crippen LogP contribution is -2.21. The SMILES string of the molecule is OC(CCl)COc1ccccc1C(c1ccccc1OCC(O)CCl)c1ccccc1OCC1CO1.